The van der Waals surface area contributed by atoms with Gasteiger partial charge in [0.1, 0.15) is 5.01 Å². The molecule has 1 aromatic heterocycles. The van der Waals surface area contributed by atoms with Gasteiger partial charge in [0.25, 0.3) is 0 Å². The quantitative estimate of drug-likeness (QED) is 0.873. The van der Waals surface area contributed by atoms with Gasteiger partial charge < -0.3 is 11.1 Å². The van der Waals surface area contributed by atoms with E-state index >= 15 is 0 Å². The third kappa shape index (κ3) is 4.43. The Morgan fingerprint density at radius 3 is 2.45 bits per heavy atom. The van der Waals surface area contributed by atoms with Crippen LogP contribution in [-0.4, -0.2) is 16.9 Å². The Kier molecular flexibility index (Phi) is 6.81. The molecule has 1 unspecified atom stereocenters. The molecule has 0 spiro atoms. The highest BCUT2D eigenvalue weighted by Gasteiger charge is 2.18. The molecule has 0 bridgehead atoms. The van der Waals surface area contributed by atoms with Gasteiger partial charge in [-0.3, -0.25) is 4.79 Å². The topological polar surface area (TPSA) is 68.0 Å². The number of carbonyl (C=O) groups is 1. The van der Waals surface area contributed by atoms with Crippen molar-refractivity contribution in [2.75, 3.05) is 0 Å². The number of hydrogen-bond acceptors (Lipinski definition) is 4. The third-order valence-electron chi connectivity index (χ3n) is 3.09. The Hall–Kier alpha value is -1.14. The number of halogens is 2. The molecular formula is C15H19Cl2N3OS. The van der Waals surface area contributed by atoms with E-state index in [1.54, 1.807) is 18.3 Å². The van der Waals surface area contributed by atoms with Gasteiger partial charge in [-0.15, -0.1) is 23.7 Å². The Morgan fingerprint density at radius 2 is 1.91 bits per heavy atom. The summed E-state index contributed by atoms with van der Waals surface area (Å²) in [7, 11) is 0. The second kappa shape index (κ2) is 7.92. The van der Waals surface area contributed by atoms with Crippen molar-refractivity contribution >= 4 is 41.3 Å². The fourth-order valence-corrected chi connectivity index (χ4v) is 3.14. The molecule has 1 heterocycles. The maximum Gasteiger partial charge on any atom is 0.237 e. The van der Waals surface area contributed by atoms with Gasteiger partial charge in [0.2, 0.25) is 5.91 Å². The van der Waals surface area contributed by atoms with Gasteiger partial charge in [-0.2, -0.15) is 0 Å². The molecule has 1 aromatic carbocycles. The van der Waals surface area contributed by atoms with Crippen LogP contribution in [0.2, 0.25) is 5.02 Å². The molecule has 0 saturated heterocycles. The van der Waals surface area contributed by atoms with Crippen LogP contribution < -0.4 is 11.1 Å². The average Bonchev–Trinajstić information content (AvgIpc) is 2.81. The molecule has 4 nitrogen and oxygen atoms in total. The standard InChI is InChI=1S/C15H18ClN3OS.ClH/c1-8(17)14(20)18-9(2)13-10(3)19-15(21-13)11-4-6-12(16)7-5-11;/h4-9H,17H2,1-3H3,(H,18,20);1H/t8-,9?;/m1./s1. The zero-order valence-electron chi connectivity index (χ0n) is 12.6. The number of benzene rings is 1. The zero-order chi connectivity index (χ0) is 15.6. The summed E-state index contributed by atoms with van der Waals surface area (Å²) in [6, 6.07) is 6.94. The number of rotatable bonds is 4. The van der Waals surface area contributed by atoms with Crippen molar-refractivity contribution in [2.45, 2.75) is 32.9 Å². The van der Waals surface area contributed by atoms with E-state index in [1.165, 1.54) is 0 Å². The minimum Gasteiger partial charge on any atom is -0.347 e. The van der Waals surface area contributed by atoms with Crippen LogP contribution in [0.15, 0.2) is 24.3 Å². The van der Waals surface area contributed by atoms with Crippen LogP contribution in [0.3, 0.4) is 0 Å². The third-order valence-corrected chi connectivity index (χ3v) is 4.73. The number of aromatic nitrogens is 1. The minimum absolute atomic E-state index is 0. The SMILES string of the molecule is Cc1nc(-c2ccc(Cl)cc2)sc1C(C)NC(=O)[C@@H](C)N.Cl. The molecule has 3 N–H and O–H groups in total. The van der Waals surface area contributed by atoms with Gasteiger partial charge in [-0.05, 0) is 32.9 Å². The van der Waals surface area contributed by atoms with E-state index in [0.29, 0.717) is 5.02 Å². The molecule has 0 fully saturated rings. The lowest BCUT2D eigenvalue weighted by Crippen LogP contribution is -2.39. The maximum absolute atomic E-state index is 11.7. The van der Waals surface area contributed by atoms with Crippen molar-refractivity contribution in [1.82, 2.24) is 10.3 Å². The van der Waals surface area contributed by atoms with Crippen molar-refractivity contribution in [1.29, 1.82) is 0 Å². The van der Waals surface area contributed by atoms with Crippen molar-refractivity contribution in [3.8, 4) is 10.6 Å². The highest BCUT2D eigenvalue weighted by atomic mass is 35.5. The van der Waals surface area contributed by atoms with E-state index < -0.39 is 6.04 Å². The smallest absolute Gasteiger partial charge is 0.237 e. The van der Waals surface area contributed by atoms with Gasteiger partial charge in [0.05, 0.1) is 22.7 Å². The first-order valence-corrected chi connectivity index (χ1v) is 7.87. The summed E-state index contributed by atoms with van der Waals surface area (Å²) in [6.07, 6.45) is 0. The van der Waals surface area contributed by atoms with E-state index in [4.69, 9.17) is 17.3 Å². The summed E-state index contributed by atoms with van der Waals surface area (Å²) < 4.78 is 0. The molecular weight excluding hydrogens is 341 g/mol. The highest BCUT2D eigenvalue weighted by molar-refractivity contribution is 7.15. The lowest BCUT2D eigenvalue weighted by Gasteiger charge is -2.14. The van der Waals surface area contributed by atoms with E-state index in [1.807, 2.05) is 38.1 Å². The summed E-state index contributed by atoms with van der Waals surface area (Å²) in [6.45, 7) is 5.55. The highest BCUT2D eigenvalue weighted by Crippen LogP contribution is 2.32. The van der Waals surface area contributed by atoms with Crippen LogP contribution in [0.5, 0.6) is 0 Å². The van der Waals surface area contributed by atoms with E-state index in [9.17, 15) is 4.79 Å². The van der Waals surface area contributed by atoms with Gasteiger partial charge in [0, 0.05) is 10.6 Å². The fraction of sp³-hybridized carbons (Fsp3) is 0.333. The molecule has 0 aliphatic heterocycles. The molecule has 2 aromatic rings. The molecule has 0 aliphatic carbocycles. The van der Waals surface area contributed by atoms with E-state index in [-0.39, 0.29) is 24.4 Å². The Labute approximate surface area is 145 Å². The van der Waals surface area contributed by atoms with E-state index in [0.717, 1.165) is 21.1 Å². The Balaban J connectivity index is 0.00000242. The van der Waals surface area contributed by atoms with Gasteiger partial charge in [0.15, 0.2) is 0 Å². The number of carbonyl (C=O) groups excluding carboxylic acids is 1. The van der Waals surface area contributed by atoms with Crippen molar-refractivity contribution in [3.05, 3.63) is 39.9 Å². The van der Waals surface area contributed by atoms with Crippen LogP contribution in [0.25, 0.3) is 10.6 Å². The van der Waals surface area contributed by atoms with E-state index in [2.05, 4.69) is 10.3 Å². The number of hydrogen-bond donors (Lipinski definition) is 2. The first-order chi connectivity index (χ1) is 9.88. The molecule has 22 heavy (non-hydrogen) atoms. The number of aryl methyl sites for hydroxylation is 1. The first kappa shape index (κ1) is 18.9. The molecule has 0 radical (unpaired) electrons. The number of amides is 1. The van der Waals surface area contributed by atoms with Crippen LogP contribution in [-0.2, 0) is 4.79 Å². The van der Waals surface area contributed by atoms with Crippen LogP contribution >= 0.6 is 35.3 Å². The molecule has 2 rings (SSSR count). The lowest BCUT2D eigenvalue weighted by atomic mass is 10.2. The molecule has 1 amide bonds. The maximum atomic E-state index is 11.7. The van der Waals surface area contributed by atoms with Crippen LogP contribution in [0.4, 0.5) is 0 Å². The van der Waals surface area contributed by atoms with Gasteiger partial charge >= 0.3 is 0 Å². The summed E-state index contributed by atoms with van der Waals surface area (Å²) in [5, 5.41) is 4.51. The Morgan fingerprint density at radius 1 is 1.32 bits per heavy atom. The summed E-state index contributed by atoms with van der Waals surface area (Å²) >= 11 is 7.47. The van der Waals surface area contributed by atoms with Crippen molar-refractivity contribution < 1.29 is 4.79 Å². The number of nitrogens with two attached hydrogens (primary N) is 1. The molecule has 0 aliphatic rings. The molecule has 7 heteroatoms. The zero-order valence-corrected chi connectivity index (χ0v) is 15.0. The number of nitrogens with zero attached hydrogens (tertiary/aromatic N) is 1. The average molecular weight is 360 g/mol. The number of nitrogens with one attached hydrogen (secondary N) is 1. The summed E-state index contributed by atoms with van der Waals surface area (Å²) in [5.41, 5.74) is 7.51. The minimum atomic E-state index is -0.517. The van der Waals surface area contributed by atoms with Crippen molar-refractivity contribution in [2.24, 2.45) is 5.73 Å². The lowest BCUT2D eigenvalue weighted by molar-refractivity contribution is -0.122. The summed E-state index contributed by atoms with van der Waals surface area (Å²) in [5.74, 6) is -0.164. The second-order valence-electron chi connectivity index (χ2n) is 4.99. The van der Waals surface area contributed by atoms with Crippen LogP contribution in [0.1, 0.15) is 30.5 Å². The fourth-order valence-electron chi connectivity index (χ4n) is 1.94. The molecule has 120 valence electrons. The van der Waals surface area contributed by atoms with Crippen LogP contribution in [0, 0.1) is 6.92 Å². The largest absolute Gasteiger partial charge is 0.347 e. The molecule has 2 atom stereocenters. The predicted octanol–water partition coefficient (Wildman–Crippen LogP) is 3.72. The van der Waals surface area contributed by atoms with Gasteiger partial charge in [-0.25, -0.2) is 4.98 Å². The van der Waals surface area contributed by atoms with Gasteiger partial charge in [-0.1, -0.05) is 23.7 Å². The number of thiazole rings is 1. The summed E-state index contributed by atoms with van der Waals surface area (Å²) in [4.78, 5) is 17.3. The second-order valence-corrected chi connectivity index (χ2v) is 6.46. The predicted molar refractivity (Wildman–Crippen MR) is 94.8 cm³/mol. The molecule has 0 saturated carbocycles. The normalized spacial score (nSPS) is 13.1. The Bertz CT molecular complexity index is 641. The first-order valence-electron chi connectivity index (χ1n) is 6.67. The monoisotopic (exact) mass is 359 g/mol. The van der Waals surface area contributed by atoms with Crippen molar-refractivity contribution in [3.63, 3.8) is 0 Å².